The molecule has 0 N–H and O–H groups in total. The van der Waals surface area contributed by atoms with Crippen molar-refractivity contribution < 1.29 is 17.9 Å². The molecule has 0 saturated heterocycles. The molecule has 0 aliphatic rings. The molecule has 0 bridgehead atoms. The Morgan fingerprint density at radius 2 is 2.15 bits per heavy atom. The van der Waals surface area contributed by atoms with Gasteiger partial charge in [-0.2, -0.15) is 13.2 Å². The summed E-state index contributed by atoms with van der Waals surface area (Å²) in [6.45, 7) is -0.346. The lowest BCUT2D eigenvalue weighted by molar-refractivity contribution is -0.139. The van der Waals surface area contributed by atoms with Crippen LogP contribution in [0.4, 0.5) is 13.2 Å². The fraction of sp³-hybridized carbons (Fsp3) is 0.333. The number of benzene rings is 1. The fourth-order valence-electron chi connectivity index (χ4n) is 0.751. The predicted octanol–water partition coefficient (Wildman–Crippen LogP) is 2.82. The summed E-state index contributed by atoms with van der Waals surface area (Å²) >= 11 is 0. The molecule has 1 rings (SSSR count). The number of hydrogen-bond acceptors (Lipinski definition) is 1. The van der Waals surface area contributed by atoms with Gasteiger partial charge in [0.1, 0.15) is 5.75 Å². The zero-order valence-corrected chi connectivity index (χ0v) is 6.77. The maximum absolute atomic E-state index is 11.7. The Labute approximate surface area is 74.1 Å². The summed E-state index contributed by atoms with van der Waals surface area (Å²) in [5, 5.41) is 0. The van der Waals surface area contributed by atoms with E-state index in [4.69, 9.17) is 4.74 Å². The summed E-state index contributed by atoms with van der Waals surface area (Å²) in [5.41, 5.74) is 0. The zero-order valence-electron chi connectivity index (χ0n) is 6.77. The monoisotopic (exact) mass is 189 g/mol. The molecule has 0 atom stereocenters. The Bertz CT molecular complexity index is 243. The topological polar surface area (TPSA) is 9.23 Å². The normalized spacial score (nSPS) is 11.3. The van der Waals surface area contributed by atoms with E-state index >= 15 is 0 Å². The van der Waals surface area contributed by atoms with E-state index in [-0.39, 0.29) is 6.61 Å². The second-order valence-corrected chi connectivity index (χ2v) is 2.45. The molecule has 0 fully saturated rings. The Hall–Kier alpha value is -1.19. The van der Waals surface area contributed by atoms with E-state index in [1.165, 1.54) is 6.07 Å². The smallest absolute Gasteiger partial charge is 0.392 e. The van der Waals surface area contributed by atoms with Crippen LogP contribution in [0, 0.1) is 6.07 Å². The Morgan fingerprint density at radius 1 is 1.38 bits per heavy atom. The highest BCUT2D eigenvalue weighted by atomic mass is 19.4. The molecule has 1 radical (unpaired) electrons. The molecule has 1 aromatic carbocycles. The molecule has 71 valence electrons. The second-order valence-electron chi connectivity index (χ2n) is 2.45. The number of ether oxygens (including phenoxy) is 1. The highest BCUT2D eigenvalue weighted by molar-refractivity contribution is 5.19. The Morgan fingerprint density at radius 3 is 2.69 bits per heavy atom. The van der Waals surface area contributed by atoms with Gasteiger partial charge in [-0.1, -0.05) is 12.1 Å². The average molecular weight is 189 g/mol. The Balaban J connectivity index is 2.29. The van der Waals surface area contributed by atoms with Gasteiger partial charge in [-0.25, -0.2) is 0 Å². The molecule has 0 saturated carbocycles. The van der Waals surface area contributed by atoms with Crippen LogP contribution in [-0.4, -0.2) is 12.8 Å². The van der Waals surface area contributed by atoms with Crippen molar-refractivity contribution in [3.8, 4) is 5.75 Å². The van der Waals surface area contributed by atoms with Gasteiger partial charge in [-0.05, 0) is 18.2 Å². The third kappa shape index (κ3) is 4.40. The summed E-state index contributed by atoms with van der Waals surface area (Å²) in [6, 6.07) is 9.09. The summed E-state index contributed by atoms with van der Waals surface area (Å²) in [6.07, 6.45) is -5.08. The molecule has 0 aliphatic heterocycles. The van der Waals surface area contributed by atoms with Gasteiger partial charge < -0.3 is 4.74 Å². The van der Waals surface area contributed by atoms with Gasteiger partial charge in [0.05, 0.1) is 13.0 Å². The molecule has 13 heavy (non-hydrogen) atoms. The molecule has 1 aromatic rings. The molecule has 0 spiro atoms. The molecular weight excluding hydrogens is 181 g/mol. The summed E-state index contributed by atoms with van der Waals surface area (Å²) in [5.74, 6) is 0.409. The lowest BCUT2D eigenvalue weighted by Gasteiger charge is -2.07. The number of hydrogen-bond donors (Lipinski definition) is 0. The molecular formula is C9H8F3O. The first kappa shape index (κ1) is 9.89. The average Bonchev–Trinajstić information content (AvgIpc) is 2.04. The van der Waals surface area contributed by atoms with Crippen LogP contribution in [-0.2, 0) is 0 Å². The van der Waals surface area contributed by atoms with Gasteiger partial charge in [-0.3, -0.25) is 0 Å². The first-order chi connectivity index (χ1) is 6.08. The van der Waals surface area contributed by atoms with Crippen LogP contribution in [0.3, 0.4) is 0 Å². The largest absolute Gasteiger partial charge is 0.493 e. The van der Waals surface area contributed by atoms with Crippen molar-refractivity contribution in [2.75, 3.05) is 6.61 Å². The van der Waals surface area contributed by atoms with E-state index in [0.29, 0.717) is 5.75 Å². The van der Waals surface area contributed by atoms with Crippen LogP contribution in [0.1, 0.15) is 6.42 Å². The molecule has 0 aromatic heterocycles. The highest BCUT2D eigenvalue weighted by Gasteiger charge is 2.26. The second kappa shape index (κ2) is 4.16. The van der Waals surface area contributed by atoms with Crippen molar-refractivity contribution >= 4 is 0 Å². The van der Waals surface area contributed by atoms with Gasteiger partial charge in [0.2, 0.25) is 0 Å². The van der Waals surface area contributed by atoms with E-state index in [1.54, 1.807) is 18.2 Å². The van der Waals surface area contributed by atoms with Gasteiger partial charge in [-0.15, -0.1) is 0 Å². The fourth-order valence-corrected chi connectivity index (χ4v) is 0.751. The first-order valence-electron chi connectivity index (χ1n) is 3.73. The van der Waals surface area contributed by atoms with Gasteiger partial charge in [0.25, 0.3) is 0 Å². The minimum atomic E-state index is -4.15. The van der Waals surface area contributed by atoms with E-state index < -0.39 is 12.6 Å². The molecule has 0 unspecified atom stereocenters. The van der Waals surface area contributed by atoms with Crippen molar-refractivity contribution in [1.29, 1.82) is 0 Å². The van der Waals surface area contributed by atoms with Gasteiger partial charge in [0.15, 0.2) is 0 Å². The van der Waals surface area contributed by atoms with Crippen molar-refractivity contribution in [1.82, 2.24) is 0 Å². The molecule has 0 heterocycles. The van der Waals surface area contributed by atoms with Crippen LogP contribution in [0.15, 0.2) is 24.3 Å². The number of rotatable bonds is 3. The Kier molecular flexibility index (Phi) is 3.17. The first-order valence-corrected chi connectivity index (χ1v) is 3.73. The predicted molar refractivity (Wildman–Crippen MR) is 41.4 cm³/mol. The number of halogens is 3. The van der Waals surface area contributed by atoms with Crippen LogP contribution in [0.25, 0.3) is 0 Å². The number of alkyl halides is 3. The zero-order chi connectivity index (χ0) is 9.73. The van der Waals surface area contributed by atoms with Crippen molar-refractivity contribution in [2.24, 2.45) is 0 Å². The quantitative estimate of drug-likeness (QED) is 0.710. The van der Waals surface area contributed by atoms with E-state index in [1.807, 2.05) is 0 Å². The third-order valence-corrected chi connectivity index (χ3v) is 1.33. The van der Waals surface area contributed by atoms with E-state index in [2.05, 4.69) is 6.07 Å². The summed E-state index contributed by atoms with van der Waals surface area (Å²) < 4.78 is 39.8. The molecule has 1 nitrogen and oxygen atoms in total. The maximum atomic E-state index is 11.7. The van der Waals surface area contributed by atoms with E-state index in [9.17, 15) is 13.2 Å². The van der Waals surface area contributed by atoms with E-state index in [0.717, 1.165) is 0 Å². The van der Waals surface area contributed by atoms with Crippen LogP contribution >= 0.6 is 0 Å². The molecule has 4 heteroatoms. The van der Waals surface area contributed by atoms with Gasteiger partial charge >= 0.3 is 6.18 Å². The summed E-state index contributed by atoms with van der Waals surface area (Å²) in [7, 11) is 0. The third-order valence-electron chi connectivity index (χ3n) is 1.33. The van der Waals surface area contributed by atoms with Crippen molar-refractivity contribution in [2.45, 2.75) is 12.6 Å². The standard InChI is InChI=1S/C9H8F3O/c10-9(11,12)6-7-13-8-4-2-1-3-5-8/h1-2,4-5H,6-7H2. The van der Waals surface area contributed by atoms with Crippen LogP contribution < -0.4 is 4.74 Å². The van der Waals surface area contributed by atoms with Crippen LogP contribution in [0.5, 0.6) is 5.75 Å². The van der Waals surface area contributed by atoms with Crippen LogP contribution in [0.2, 0.25) is 0 Å². The molecule has 0 aliphatic carbocycles. The minimum Gasteiger partial charge on any atom is -0.493 e. The highest BCUT2D eigenvalue weighted by Crippen LogP contribution is 2.19. The van der Waals surface area contributed by atoms with Crippen molar-refractivity contribution in [3.05, 3.63) is 30.3 Å². The lowest BCUT2D eigenvalue weighted by atomic mass is 10.3. The summed E-state index contributed by atoms with van der Waals surface area (Å²) in [4.78, 5) is 0. The molecule has 0 amide bonds. The lowest BCUT2D eigenvalue weighted by Crippen LogP contribution is -2.12. The SMILES string of the molecule is FC(F)(F)CCOc1c[c]ccc1. The maximum Gasteiger partial charge on any atom is 0.392 e. The van der Waals surface area contributed by atoms with Gasteiger partial charge in [0, 0.05) is 0 Å². The minimum absolute atomic E-state index is 0.346. The van der Waals surface area contributed by atoms with Crippen molar-refractivity contribution in [3.63, 3.8) is 0 Å².